The van der Waals surface area contributed by atoms with Crippen molar-refractivity contribution in [2.75, 3.05) is 0 Å². The molecule has 0 saturated carbocycles. The summed E-state index contributed by atoms with van der Waals surface area (Å²) in [6.45, 7) is 3.36. The molecule has 12 heteroatoms. The molecule has 0 aliphatic heterocycles. The van der Waals surface area contributed by atoms with Crippen molar-refractivity contribution in [1.82, 2.24) is 9.97 Å². The zero-order chi connectivity index (χ0) is 21.1. The number of carbonyl (C=O) groups is 2. The Morgan fingerprint density at radius 2 is 2.00 bits per heavy atom. The Balaban J connectivity index is 2.44. The topological polar surface area (TPSA) is 104 Å². The summed E-state index contributed by atoms with van der Waals surface area (Å²) in [5.41, 5.74) is 3.32. The fourth-order valence-corrected chi connectivity index (χ4v) is 3.40. The molecule has 28 heavy (non-hydrogen) atoms. The molecule has 0 aliphatic rings. The summed E-state index contributed by atoms with van der Waals surface area (Å²) in [6, 6.07) is 2.11. The lowest BCUT2D eigenvalue weighted by molar-refractivity contribution is -0.141. The van der Waals surface area contributed by atoms with Crippen LogP contribution in [0.5, 0.6) is 5.06 Å². The van der Waals surface area contributed by atoms with Gasteiger partial charge in [-0.3, -0.25) is 4.79 Å². The van der Waals surface area contributed by atoms with E-state index in [2.05, 4.69) is 14.7 Å². The van der Waals surface area contributed by atoms with Gasteiger partial charge < -0.3 is 15.2 Å². The third-order valence-electron chi connectivity index (χ3n) is 3.56. The largest absolute Gasteiger partial charge is 0.444 e. The van der Waals surface area contributed by atoms with Gasteiger partial charge >= 0.3 is 12.3 Å². The van der Waals surface area contributed by atoms with Gasteiger partial charge in [0.05, 0.1) is 0 Å². The van der Waals surface area contributed by atoms with E-state index in [1.165, 1.54) is 6.07 Å². The third-order valence-corrected chi connectivity index (χ3v) is 4.88. The van der Waals surface area contributed by atoms with E-state index in [4.69, 9.17) is 22.1 Å². The summed E-state index contributed by atoms with van der Waals surface area (Å²) in [5.74, 6) is 0. The summed E-state index contributed by atoms with van der Waals surface area (Å²) in [7, 11) is 0. The number of ether oxygens (including phenoxy) is 2. The maximum Gasteiger partial charge on any atom is 0.433 e. The summed E-state index contributed by atoms with van der Waals surface area (Å²) in [5, 5.41) is -0.180. The van der Waals surface area contributed by atoms with Crippen LogP contribution >= 0.6 is 22.9 Å². The highest BCUT2D eigenvalue weighted by Crippen LogP contribution is 2.39. The average Bonchev–Trinajstić information content (AvgIpc) is 2.92. The Kier molecular flexibility index (Phi) is 6.50. The molecule has 0 bridgehead atoms. The molecule has 2 N–H and O–H groups in total. The Labute approximate surface area is 166 Å². The van der Waals surface area contributed by atoms with Crippen molar-refractivity contribution < 1.29 is 32.2 Å². The Bertz CT molecular complexity index is 887. The summed E-state index contributed by atoms with van der Waals surface area (Å²) >= 11 is 6.64. The fourth-order valence-electron chi connectivity index (χ4n) is 2.30. The van der Waals surface area contributed by atoms with Crippen LogP contribution in [0, 0.1) is 0 Å². The number of hydrogen-bond acceptors (Lipinski definition) is 7. The zero-order valence-corrected chi connectivity index (χ0v) is 16.2. The van der Waals surface area contributed by atoms with Crippen molar-refractivity contribution in [3.8, 4) is 15.8 Å². The monoisotopic (exact) mass is 437 g/mol. The first-order valence-corrected chi connectivity index (χ1v) is 8.95. The number of rotatable bonds is 7. The van der Waals surface area contributed by atoms with Crippen molar-refractivity contribution in [3.05, 3.63) is 28.5 Å². The Morgan fingerprint density at radius 1 is 1.32 bits per heavy atom. The predicted molar refractivity (Wildman–Crippen MR) is 95.1 cm³/mol. The van der Waals surface area contributed by atoms with Crippen molar-refractivity contribution in [1.29, 1.82) is 0 Å². The minimum atomic E-state index is -4.66. The minimum Gasteiger partial charge on any atom is -0.444 e. The number of nitrogens with zero attached hydrogens (tertiary/aromatic N) is 2. The van der Waals surface area contributed by atoms with Crippen LogP contribution in [0.3, 0.4) is 0 Å². The van der Waals surface area contributed by atoms with Gasteiger partial charge in [-0.15, -0.1) is 0 Å². The summed E-state index contributed by atoms with van der Waals surface area (Å²) in [6.07, 6.45) is -5.16. The molecule has 1 amide bonds. The number of carbonyl (C=O) groups excluding carboxylic acids is 2. The Morgan fingerprint density at radius 3 is 2.57 bits per heavy atom. The molecule has 152 valence electrons. The molecule has 2 rings (SSSR count). The van der Waals surface area contributed by atoms with E-state index in [0.717, 1.165) is 17.4 Å². The molecule has 0 aromatic carbocycles. The second-order valence-corrected chi connectivity index (χ2v) is 7.51. The highest BCUT2D eigenvalue weighted by Gasteiger charge is 2.34. The number of amides is 1. The molecule has 0 saturated heterocycles. The van der Waals surface area contributed by atoms with Crippen LogP contribution in [0.4, 0.5) is 18.0 Å². The fraction of sp³-hybridized carbons (Fsp3) is 0.375. The lowest BCUT2D eigenvalue weighted by atomic mass is 9.97. The van der Waals surface area contributed by atoms with Gasteiger partial charge in [0.1, 0.15) is 22.0 Å². The molecular formula is C16H15ClF3N3O4S. The molecule has 0 atom stereocenters. The molecular weight excluding hydrogens is 423 g/mol. The van der Waals surface area contributed by atoms with Crippen molar-refractivity contribution >= 4 is 35.5 Å². The number of alkyl halides is 3. The molecule has 0 spiro atoms. The maximum absolute atomic E-state index is 13.1. The number of aryl methyl sites for hydroxylation is 1. The van der Waals surface area contributed by atoms with Crippen LogP contribution in [-0.4, -0.2) is 28.1 Å². The van der Waals surface area contributed by atoms with E-state index in [1.54, 1.807) is 13.8 Å². The second-order valence-electron chi connectivity index (χ2n) is 6.19. The molecule has 2 heterocycles. The molecule has 0 unspecified atom stereocenters. The second kappa shape index (κ2) is 8.31. The smallest absolute Gasteiger partial charge is 0.433 e. The van der Waals surface area contributed by atoms with E-state index < -0.39 is 23.6 Å². The van der Waals surface area contributed by atoms with Crippen LogP contribution in [-0.2, 0) is 22.1 Å². The zero-order valence-electron chi connectivity index (χ0n) is 14.7. The van der Waals surface area contributed by atoms with Crippen LogP contribution < -0.4 is 10.5 Å². The van der Waals surface area contributed by atoms with Crippen molar-refractivity contribution in [2.45, 2.75) is 38.5 Å². The number of halogens is 4. The van der Waals surface area contributed by atoms with E-state index >= 15 is 0 Å². The van der Waals surface area contributed by atoms with Gasteiger partial charge in [0.25, 0.3) is 6.47 Å². The molecule has 0 aliphatic carbocycles. The van der Waals surface area contributed by atoms with Gasteiger partial charge in [-0.05, 0) is 38.3 Å². The Hall–Kier alpha value is -2.40. The number of pyridine rings is 1. The SMILES string of the molecule is CC(C)(CCc1ccc(C(F)(F)F)nc1-c1nc(Cl)c(OC=O)s1)OC(N)=O. The molecule has 2 aromatic rings. The number of thiazole rings is 1. The lowest BCUT2D eigenvalue weighted by Crippen LogP contribution is -2.31. The lowest BCUT2D eigenvalue weighted by Gasteiger charge is -2.24. The number of aromatic nitrogens is 2. The first-order chi connectivity index (χ1) is 12.9. The standard InChI is InChI=1S/C16H15ClF3N3O4S/c1-15(2,27-14(21)25)6-5-8-3-4-9(16(18,19)20)22-10(8)12-23-11(17)13(28-12)26-7-24/h3-4,7H,5-6H2,1-2H3,(H2,21,25). The minimum absolute atomic E-state index is 0.0524. The van der Waals surface area contributed by atoms with Gasteiger partial charge in [0.2, 0.25) is 5.06 Å². The average molecular weight is 438 g/mol. The predicted octanol–water partition coefficient (Wildman–Crippen LogP) is 4.22. The molecule has 0 radical (unpaired) electrons. The summed E-state index contributed by atoms with van der Waals surface area (Å²) in [4.78, 5) is 29.1. The number of hydrogen-bond donors (Lipinski definition) is 1. The number of nitrogens with two attached hydrogens (primary N) is 1. The van der Waals surface area contributed by atoms with E-state index in [0.29, 0.717) is 5.56 Å². The van der Waals surface area contributed by atoms with E-state index in [-0.39, 0.29) is 40.2 Å². The van der Waals surface area contributed by atoms with Gasteiger partial charge in [0.15, 0.2) is 5.15 Å². The van der Waals surface area contributed by atoms with E-state index in [9.17, 15) is 22.8 Å². The van der Waals surface area contributed by atoms with Crippen LogP contribution in [0.2, 0.25) is 5.15 Å². The van der Waals surface area contributed by atoms with Gasteiger partial charge in [0, 0.05) is 0 Å². The molecule has 2 aromatic heterocycles. The normalized spacial score (nSPS) is 11.9. The summed E-state index contributed by atoms with van der Waals surface area (Å²) < 4.78 is 48.9. The quantitative estimate of drug-likeness (QED) is 0.650. The van der Waals surface area contributed by atoms with Crippen LogP contribution in [0.25, 0.3) is 10.7 Å². The van der Waals surface area contributed by atoms with Crippen LogP contribution in [0.15, 0.2) is 12.1 Å². The highest BCUT2D eigenvalue weighted by atomic mass is 35.5. The highest BCUT2D eigenvalue weighted by molar-refractivity contribution is 7.17. The first-order valence-electron chi connectivity index (χ1n) is 7.75. The first kappa shape index (κ1) is 21.9. The number of primary amides is 1. The third kappa shape index (κ3) is 5.55. The molecule has 7 nitrogen and oxygen atoms in total. The van der Waals surface area contributed by atoms with Crippen LogP contribution in [0.1, 0.15) is 31.5 Å². The van der Waals surface area contributed by atoms with Crippen molar-refractivity contribution in [3.63, 3.8) is 0 Å². The van der Waals surface area contributed by atoms with Gasteiger partial charge in [-0.2, -0.15) is 13.2 Å². The van der Waals surface area contributed by atoms with Gasteiger partial charge in [-0.1, -0.05) is 29.0 Å². The van der Waals surface area contributed by atoms with Crippen molar-refractivity contribution in [2.24, 2.45) is 5.73 Å². The maximum atomic E-state index is 13.1. The van der Waals surface area contributed by atoms with Gasteiger partial charge in [-0.25, -0.2) is 14.8 Å². The molecule has 0 fully saturated rings. The van der Waals surface area contributed by atoms with E-state index in [1.807, 2.05) is 0 Å².